The molecule has 1 saturated heterocycles. The lowest BCUT2D eigenvalue weighted by molar-refractivity contribution is 0.340. The van der Waals surface area contributed by atoms with Gasteiger partial charge in [-0.1, -0.05) is 18.2 Å². The van der Waals surface area contributed by atoms with Crippen molar-refractivity contribution in [1.29, 1.82) is 0 Å². The molecule has 0 aliphatic carbocycles. The molecular weight excluding hydrogens is 464 g/mol. The highest BCUT2D eigenvalue weighted by Gasteiger charge is 2.42. The van der Waals surface area contributed by atoms with E-state index >= 15 is 0 Å². The SMILES string of the molecule is CCOc1ccc(N2C(=S)N[C@@H](c3ccccn3)[C@H]2c2cc(C)n(-c3cccc(C)c3C)c2C)cc1. The Hall–Kier alpha value is -3.64. The van der Waals surface area contributed by atoms with Crippen LogP contribution in [0.4, 0.5) is 5.69 Å². The van der Waals surface area contributed by atoms with Crippen molar-refractivity contribution in [3.8, 4) is 11.4 Å². The van der Waals surface area contributed by atoms with E-state index in [-0.39, 0.29) is 12.1 Å². The molecular formula is C30H32N4OS. The molecule has 3 heterocycles. The van der Waals surface area contributed by atoms with E-state index < -0.39 is 0 Å². The molecule has 1 aliphatic rings. The number of ether oxygens (including phenoxy) is 1. The van der Waals surface area contributed by atoms with Crippen molar-refractivity contribution >= 4 is 23.0 Å². The zero-order chi connectivity index (χ0) is 25.4. The van der Waals surface area contributed by atoms with Gasteiger partial charge in [-0.15, -0.1) is 0 Å². The van der Waals surface area contributed by atoms with Crippen LogP contribution in [0.15, 0.2) is 72.9 Å². The Kier molecular flexibility index (Phi) is 6.54. The molecule has 1 aliphatic heterocycles. The molecule has 1 N–H and O–H groups in total. The maximum atomic E-state index is 5.92. The van der Waals surface area contributed by atoms with Crippen molar-refractivity contribution in [3.63, 3.8) is 0 Å². The van der Waals surface area contributed by atoms with Crippen LogP contribution in [0, 0.1) is 27.7 Å². The Morgan fingerprint density at radius 1 is 0.972 bits per heavy atom. The first-order valence-electron chi connectivity index (χ1n) is 12.4. The van der Waals surface area contributed by atoms with Gasteiger partial charge in [-0.3, -0.25) is 4.98 Å². The minimum absolute atomic E-state index is 0.0598. The lowest BCUT2D eigenvalue weighted by Gasteiger charge is -2.28. The molecule has 6 heteroatoms. The summed E-state index contributed by atoms with van der Waals surface area (Å²) in [4.78, 5) is 6.93. The van der Waals surface area contributed by atoms with E-state index in [4.69, 9.17) is 21.9 Å². The van der Waals surface area contributed by atoms with Gasteiger partial charge in [0.2, 0.25) is 0 Å². The zero-order valence-electron chi connectivity index (χ0n) is 21.4. The first-order chi connectivity index (χ1) is 17.4. The van der Waals surface area contributed by atoms with Crippen LogP contribution in [0.25, 0.3) is 5.69 Å². The van der Waals surface area contributed by atoms with E-state index in [2.05, 4.69) is 84.9 Å². The van der Waals surface area contributed by atoms with E-state index in [0.717, 1.165) is 17.1 Å². The Morgan fingerprint density at radius 2 is 1.75 bits per heavy atom. The highest BCUT2D eigenvalue weighted by Crippen LogP contribution is 2.44. The van der Waals surface area contributed by atoms with Gasteiger partial charge in [0.1, 0.15) is 5.75 Å². The summed E-state index contributed by atoms with van der Waals surface area (Å²) < 4.78 is 8.05. The Bertz CT molecular complexity index is 1390. The molecule has 4 aromatic rings. The summed E-state index contributed by atoms with van der Waals surface area (Å²) in [5, 5.41) is 4.27. The van der Waals surface area contributed by atoms with Crippen LogP contribution in [-0.4, -0.2) is 21.3 Å². The summed E-state index contributed by atoms with van der Waals surface area (Å²) >= 11 is 5.92. The van der Waals surface area contributed by atoms with Crippen LogP contribution in [-0.2, 0) is 0 Å². The maximum Gasteiger partial charge on any atom is 0.174 e. The number of thiocarbonyl (C=S) groups is 1. The second kappa shape index (κ2) is 9.78. The molecule has 184 valence electrons. The van der Waals surface area contributed by atoms with Crippen molar-refractivity contribution in [2.45, 2.75) is 46.7 Å². The monoisotopic (exact) mass is 496 g/mol. The van der Waals surface area contributed by atoms with Crippen LogP contribution >= 0.6 is 12.2 Å². The minimum Gasteiger partial charge on any atom is -0.494 e. The van der Waals surface area contributed by atoms with Gasteiger partial charge in [0, 0.05) is 29.0 Å². The average Bonchev–Trinajstić information content (AvgIpc) is 3.37. The molecule has 36 heavy (non-hydrogen) atoms. The smallest absolute Gasteiger partial charge is 0.174 e. The molecule has 0 saturated carbocycles. The van der Waals surface area contributed by atoms with E-state index in [1.54, 1.807) is 0 Å². The van der Waals surface area contributed by atoms with E-state index in [9.17, 15) is 0 Å². The van der Waals surface area contributed by atoms with Crippen molar-refractivity contribution in [2.24, 2.45) is 0 Å². The fraction of sp³-hybridized carbons (Fsp3) is 0.267. The highest BCUT2D eigenvalue weighted by molar-refractivity contribution is 7.80. The van der Waals surface area contributed by atoms with Gasteiger partial charge in [0.15, 0.2) is 5.11 Å². The third kappa shape index (κ3) is 4.16. The lowest BCUT2D eigenvalue weighted by atomic mass is 9.96. The number of anilines is 1. The maximum absolute atomic E-state index is 5.92. The van der Waals surface area contributed by atoms with Crippen LogP contribution in [0.3, 0.4) is 0 Å². The molecule has 2 aromatic carbocycles. The van der Waals surface area contributed by atoms with Gasteiger partial charge in [0.25, 0.3) is 0 Å². The Morgan fingerprint density at radius 3 is 2.44 bits per heavy atom. The normalized spacial score (nSPS) is 17.4. The molecule has 2 atom stereocenters. The summed E-state index contributed by atoms with van der Waals surface area (Å²) in [6, 6.07) is 22.9. The number of hydrogen-bond donors (Lipinski definition) is 1. The summed E-state index contributed by atoms with van der Waals surface area (Å²) in [6.45, 7) is 11.4. The molecule has 0 unspecified atom stereocenters. The molecule has 5 nitrogen and oxygen atoms in total. The van der Waals surface area contributed by atoms with Crippen molar-refractivity contribution in [1.82, 2.24) is 14.9 Å². The van der Waals surface area contributed by atoms with Crippen molar-refractivity contribution in [2.75, 3.05) is 11.5 Å². The number of nitrogens with zero attached hydrogens (tertiary/aromatic N) is 3. The predicted octanol–water partition coefficient (Wildman–Crippen LogP) is 6.68. The minimum atomic E-state index is -0.0853. The summed E-state index contributed by atoms with van der Waals surface area (Å²) in [5.41, 5.74) is 9.40. The molecule has 2 aromatic heterocycles. The van der Waals surface area contributed by atoms with Gasteiger partial charge in [0.05, 0.1) is 24.4 Å². The third-order valence-corrected chi connectivity index (χ3v) is 7.44. The molecule has 0 radical (unpaired) electrons. The number of aryl methyl sites for hydroxylation is 2. The third-order valence-electron chi connectivity index (χ3n) is 7.13. The summed E-state index contributed by atoms with van der Waals surface area (Å²) in [6.07, 6.45) is 1.84. The first kappa shape index (κ1) is 24.1. The van der Waals surface area contributed by atoms with Gasteiger partial charge in [-0.05, 0) is 112 Å². The second-order valence-electron chi connectivity index (χ2n) is 9.30. The fourth-order valence-corrected chi connectivity index (χ4v) is 5.60. The number of pyridine rings is 1. The van der Waals surface area contributed by atoms with Crippen molar-refractivity contribution in [3.05, 3.63) is 107 Å². The molecule has 0 amide bonds. The standard InChI is InChI=1S/C30H32N4OS/c1-6-35-24-15-13-23(14-16-24)34-29(28(32-30(34)36)26-11-7-8-17-31-26)25-18-20(3)33(22(25)5)27-12-9-10-19(2)21(27)4/h7-18,28-29H,6H2,1-5H3,(H,32,36)/t28-,29+/m0/s1. The Labute approximate surface area is 218 Å². The number of benzene rings is 2. The quantitative estimate of drug-likeness (QED) is 0.302. The van der Waals surface area contributed by atoms with Crippen LogP contribution in [0.2, 0.25) is 0 Å². The first-order valence-corrected chi connectivity index (χ1v) is 12.8. The van der Waals surface area contributed by atoms with Gasteiger partial charge >= 0.3 is 0 Å². The molecule has 0 bridgehead atoms. The average molecular weight is 497 g/mol. The highest BCUT2D eigenvalue weighted by atomic mass is 32.1. The molecule has 0 spiro atoms. The van der Waals surface area contributed by atoms with Crippen molar-refractivity contribution < 1.29 is 4.74 Å². The summed E-state index contributed by atoms with van der Waals surface area (Å²) in [5.74, 6) is 0.852. The second-order valence-corrected chi connectivity index (χ2v) is 9.69. The number of nitrogens with one attached hydrogen (secondary N) is 1. The largest absolute Gasteiger partial charge is 0.494 e. The van der Waals surface area contributed by atoms with Gasteiger partial charge in [-0.2, -0.15) is 0 Å². The topological polar surface area (TPSA) is 42.3 Å². The number of hydrogen-bond acceptors (Lipinski definition) is 3. The van der Waals surface area contributed by atoms with E-state index in [1.807, 2.05) is 37.4 Å². The van der Waals surface area contributed by atoms with E-state index in [1.165, 1.54) is 33.8 Å². The van der Waals surface area contributed by atoms with Crippen LogP contribution in [0.5, 0.6) is 5.75 Å². The van der Waals surface area contributed by atoms with Gasteiger partial charge < -0.3 is 19.5 Å². The molecule has 5 rings (SSSR count). The predicted molar refractivity (Wildman–Crippen MR) is 150 cm³/mol. The number of aromatic nitrogens is 2. The Balaban J connectivity index is 1.66. The number of rotatable bonds is 6. The zero-order valence-corrected chi connectivity index (χ0v) is 22.3. The van der Waals surface area contributed by atoms with Crippen LogP contribution < -0.4 is 15.0 Å². The van der Waals surface area contributed by atoms with E-state index in [0.29, 0.717) is 11.7 Å². The van der Waals surface area contributed by atoms with Gasteiger partial charge in [-0.25, -0.2) is 0 Å². The van der Waals surface area contributed by atoms with Crippen LogP contribution in [0.1, 0.15) is 52.8 Å². The summed E-state index contributed by atoms with van der Waals surface area (Å²) in [7, 11) is 0. The fourth-order valence-electron chi connectivity index (χ4n) is 5.25. The lowest BCUT2D eigenvalue weighted by Crippen LogP contribution is -2.29. The molecule has 1 fully saturated rings.